The molecule has 0 saturated heterocycles. The first kappa shape index (κ1) is 15.2. The fourth-order valence-corrected chi connectivity index (χ4v) is 3.17. The topological polar surface area (TPSA) is 35.2 Å². The minimum atomic E-state index is -0.0752. The predicted molar refractivity (Wildman–Crippen MR) is 86.8 cm³/mol. The molecule has 106 valence electrons. The van der Waals surface area contributed by atoms with Gasteiger partial charge in [-0.2, -0.15) is 0 Å². The van der Waals surface area contributed by atoms with Gasteiger partial charge in [0.1, 0.15) is 5.75 Å². The summed E-state index contributed by atoms with van der Waals surface area (Å²) in [5.41, 5.74) is 8.52. The molecule has 20 heavy (non-hydrogen) atoms. The molecule has 0 saturated carbocycles. The van der Waals surface area contributed by atoms with E-state index in [0.717, 1.165) is 27.0 Å². The van der Waals surface area contributed by atoms with Crippen LogP contribution in [0.4, 0.5) is 0 Å². The molecule has 2 rings (SSSR count). The van der Waals surface area contributed by atoms with Gasteiger partial charge in [-0.3, -0.25) is 0 Å². The number of methoxy groups -OCH3 is 1. The third-order valence-corrected chi connectivity index (χ3v) is 4.36. The Bertz CT molecular complexity index is 588. The minimum Gasteiger partial charge on any atom is -0.496 e. The van der Waals surface area contributed by atoms with Crippen molar-refractivity contribution in [2.24, 2.45) is 5.73 Å². The quantitative estimate of drug-likeness (QED) is 0.829. The van der Waals surface area contributed by atoms with Gasteiger partial charge < -0.3 is 10.5 Å². The number of ether oxygens (including phenoxy) is 1. The van der Waals surface area contributed by atoms with Gasteiger partial charge in [0.2, 0.25) is 0 Å². The molecule has 1 atom stereocenters. The molecule has 0 heterocycles. The van der Waals surface area contributed by atoms with Crippen molar-refractivity contribution in [3.63, 3.8) is 0 Å². The van der Waals surface area contributed by atoms with Crippen LogP contribution < -0.4 is 10.5 Å². The summed E-state index contributed by atoms with van der Waals surface area (Å²) in [6, 6.07) is 13.8. The summed E-state index contributed by atoms with van der Waals surface area (Å²) in [4.78, 5) is 1.12. The first-order valence-corrected chi connectivity index (χ1v) is 7.75. The van der Waals surface area contributed by atoms with Gasteiger partial charge in [-0.25, -0.2) is 0 Å². The van der Waals surface area contributed by atoms with Crippen molar-refractivity contribution < 1.29 is 4.74 Å². The summed E-state index contributed by atoms with van der Waals surface area (Å²) < 4.78 is 5.38. The second-order valence-corrected chi connectivity index (χ2v) is 6.15. The molecule has 0 aliphatic carbocycles. The van der Waals surface area contributed by atoms with Gasteiger partial charge in [-0.1, -0.05) is 35.4 Å². The number of hydrogen-bond acceptors (Lipinski definition) is 3. The Morgan fingerprint density at radius 2 is 2.05 bits per heavy atom. The van der Waals surface area contributed by atoms with Gasteiger partial charge in [-0.15, -0.1) is 11.8 Å². The molecule has 0 radical (unpaired) electrons. The fraction of sp³-hybridized carbons (Fsp3) is 0.250. The molecule has 2 aromatic carbocycles. The number of benzene rings is 2. The lowest BCUT2D eigenvalue weighted by molar-refractivity contribution is 0.407. The second-order valence-electron chi connectivity index (χ2n) is 4.62. The van der Waals surface area contributed by atoms with Crippen molar-refractivity contribution in [3.05, 3.63) is 58.6 Å². The normalized spacial score (nSPS) is 12.2. The van der Waals surface area contributed by atoms with E-state index in [-0.39, 0.29) is 6.04 Å². The standard InChI is InChI=1S/C16H18ClNOS/c1-11-6-7-16(19-2)14(8-11)15(18)10-20-13-5-3-4-12(17)9-13/h3-9,15H,10,18H2,1-2H3. The van der Waals surface area contributed by atoms with Gasteiger partial charge >= 0.3 is 0 Å². The highest BCUT2D eigenvalue weighted by Crippen LogP contribution is 2.30. The molecule has 0 amide bonds. The smallest absolute Gasteiger partial charge is 0.123 e. The molecule has 2 aromatic rings. The van der Waals surface area contributed by atoms with Gasteiger partial charge in [0, 0.05) is 27.3 Å². The maximum atomic E-state index is 6.29. The zero-order valence-corrected chi connectivity index (χ0v) is 13.2. The molecular weight excluding hydrogens is 290 g/mol. The van der Waals surface area contributed by atoms with Crippen molar-refractivity contribution in [3.8, 4) is 5.75 Å². The summed E-state index contributed by atoms with van der Waals surface area (Å²) in [6.45, 7) is 2.06. The van der Waals surface area contributed by atoms with Crippen LogP contribution >= 0.6 is 23.4 Å². The van der Waals surface area contributed by atoms with E-state index in [0.29, 0.717) is 0 Å². The Hall–Kier alpha value is -1.16. The summed E-state index contributed by atoms with van der Waals surface area (Å²) in [6.07, 6.45) is 0. The Kier molecular flexibility index (Phi) is 5.35. The first-order valence-electron chi connectivity index (χ1n) is 6.38. The number of nitrogens with two attached hydrogens (primary N) is 1. The van der Waals surface area contributed by atoms with Crippen LogP contribution in [0.3, 0.4) is 0 Å². The van der Waals surface area contributed by atoms with Gasteiger partial charge in [0.25, 0.3) is 0 Å². The Labute approximate surface area is 129 Å². The third-order valence-electron chi connectivity index (χ3n) is 3.01. The predicted octanol–water partition coefficient (Wildman–Crippen LogP) is 4.45. The van der Waals surface area contributed by atoms with Crippen LogP contribution in [0.5, 0.6) is 5.75 Å². The highest BCUT2D eigenvalue weighted by atomic mass is 35.5. The number of aryl methyl sites for hydroxylation is 1. The molecule has 0 aliphatic rings. The Morgan fingerprint density at radius 3 is 2.75 bits per heavy atom. The van der Waals surface area contributed by atoms with Gasteiger partial charge in [0.15, 0.2) is 0 Å². The summed E-state index contributed by atoms with van der Waals surface area (Å²) in [5, 5.41) is 0.747. The molecule has 0 aliphatic heterocycles. The van der Waals surface area contributed by atoms with Crippen molar-refractivity contribution in [2.75, 3.05) is 12.9 Å². The lowest BCUT2D eigenvalue weighted by atomic mass is 10.1. The van der Waals surface area contributed by atoms with E-state index in [4.69, 9.17) is 22.1 Å². The van der Waals surface area contributed by atoms with E-state index < -0.39 is 0 Å². The molecule has 2 nitrogen and oxygen atoms in total. The highest BCUT2D eigenvalue weighted by Gasteiger charge is 2.12. The Morgan fingerprint density at radius 1 is 1.25 bits per heavy atom. The van der Waals surface area contributed by atoms with E-state index in [1.54, 1.807) is 18.9 Å². The maximum Gasteiger partial charge on any atom is 0.123 e. The van der Waals surface area contributed by atoms with Crippen molar-refractivity contribution in [1.82, 2.24) is 0 Å². The lowest BCUT2D eigenvalue weighted by Gasteiger charge is -2.16. The molecule has 0 fully saturated rings. The molecule has 0 spiro atoms. The summed E-state index contributed by atoms with van der Waals surface area (Å²) >= 11 is 7.68. The van der Waals surface area contributed by atoms with Gasteiger partial charge in [-0.05, 0) is 31.2 Å². The number of halogens is 1. The zero-order valence-electron chi connectivity index (χ0n) is 11.6. The van der Waals surface area contributed by atoms with Crippen LogP contribution in [-0.4, -0.2) is 12.9 Å². The third kappa shape index (κ3) is 3.92. The molecule has 0 bridgehead atoms. The summed E-state index contributed by atoms with van der Waals surface area (Å²) in [7, 11) is 1.67. The van der Waals surface area contributed by atoms with Crippen molar-refractivity contribution in [1.29, 1.82) is 0 Å². The van der Waals surface area contributed by atoms with Crippen molar-refractivity contribution in [2.45, 2.75) is 17.9 Å². The van der Waals surface area contributed by atoms with E-state index in [1.807, 2.05) is 36.4 Å². The highest BCUT2D eigenvalue weighted by molar-refractivity contribution is 7.99. The van der Waals surface area contributed by atoms with E-state index in [9.17, 15) is 0 Å². The fourth-order valence-electron chi connectivity index (χ4n) is 1.98. The van der Waals surface area contributed by atoms with Crippen LogP contribution in [0.1, 0.15) is 17.2 Å². The maximum absolute atomic E-state index is 6.29. The molecule has 4 heteroatoms. The van der Waals surface area contributed by atoms with Crippen LogP contribution in [0.25, 0.3) is 0 Å². The monoisotopic (exact) mass is 307 g/mol. The largest absolute Gasteiger partial charge is 0.496 e. The molecule has 0 aromatic heterocycles. The zero-order chi connectivity index (χ0) is 14.5. The van der Waals surface area contributed by atoms with E-state index in [1.165, 1.54) is 5.56 Å². The molecule has 1 unspecified atom stereocenters. The number of thioether (sulfide) groups is 1. The van der Waals surface area contributed by atoms with Crippen LogP contribution in [-0.2, 0) is 0 Å². The average Bonchev–Trinajstić information content (AvgIpc) is 2.45. The lowest BCUT2D eigenvalue weighted by Crippen LogP contribution is -2.14. The minimum absolute atomic E-state index is 0.0752. The summed E-state index contributed by atoms with van der Waals surface area (Å²) in [5.74, 6) is 1.62. The van der Waals surface area contributed by atoms with Crippen LogP contribution in [0, 0.1) is 6.92 Å². The van der Waals surface area contributed by atoms with Gasteiger partial charge in [0.05, 0.1) is 7.11 Å². The first-order chi connectivity index (χ1) is 9.60. The second kappa shape index (κ2) is 7.02. The molecular formula is C16H18ClNOS. The Balaban J connectivity index is 2.08. The SMILES string of the molecule is COc1ccc(C)cc1C(N)CSc1cccc(Cl)c1. The van der Waals surface area contributed by atoms with Crippen molar-refractivity contribution >= 4 is 23.4 Å². The molecule has 2 N–H and O–H groups in total. The van der Waals surface area contributed by atoms with E-state index in [2.05, 4.69) is 13.0 Å². The average molecular weight is 308 g/mol. The van der Waals surface area contributed by atoms with E-state index >= 15 is 0 Å². The van der Waals surface area contributed by atoms with Crippen LogP contribution in [0.15, 0.2) is 47.4 Å². The van der Waals surface area contributed by atoms with Crippen LogP contribution in [0.2, 0.25) is 5.02 Å². The number of hydrogen-bond donors (Lipinski definition) is 1. The number of rotatable bonds is 5.